The van der Waals surface area contributed by atoms with Gasteiger partial charge in [-0.2, -0.15) is 0 Å². The van der Waals surface area contributed by atoms with Crippen LogP contribution in [0, 0.1) is 0 Å². The zero-order valence-corrected chi connectivity index (χ0v) is 12.9. The zero-order chi connectivity index (χ0) is 14.5. The molecule has 0 radical (unpaired) electrons. The van der Waals surface area contributed by atoms with Crippen molar-refractivity contribution in [2.75, 3.05) is 45.9 Å². The Morgan fingerprint density at radius 1 is 1.30 bits per heavy atom. The minimum atomic E-state index is 0.730. The molecule has 0 unspecified atom stereocenters. The SMILES string of the molecule is CCC.c1cc(CCOCCCN2CCNCC2)no1. The summed E-state index contributed by atoms with van der Waals surface area (Å²) in [5, 5.41) is 7.19. The maximum atomic E-state index is 5.57. The molecule has 0 aromatic carbocycles. The van der Waals surface area contributed by atoms with Crippen molar-refractivity contribution in [3.63, 3.8) is 0 Å². The van der Waals surface area contributed by atoms with Crippen molar-refractivity contribution in [2.45, 2.75) is 33.1 Å². The van der Waals surface area contributed by atoms with E-state index in [1.807, 2.05) is 6.07 Å². The first-order valence-electron chi connectivity index (χ1n) is 7.76. The first-order valence-corrected chi connectivity index (χ1v) is 7.76. The minimum Gasteiger partial charge on any atom is -0.381 e. The van der Waals surface area contributed by atoms with Crippen molar-refractivity contribution in [1.82, 2.24) is 15.4 Å². The minimum absolute atomic E-state index is 0.730. The van der Waals surface area contributed by atoms with Crippen molar-refractivity contribution < 1.29 is 9.26 Å². The van der Waals surface area contributed by atoms with Crippen LogP contribution in [0.1, 0.15) is 32.4 Å². The van der Waals surface area contributed by atoms with Gasteiger partial charge in [-0.1, -0.05) is 25.4 Å². The predicted molar refractivity (Wildman–Crippen MR) is 80.9 cm³/mol. The van der Waals surface area contributed by atoms with E-state index in [4.69, 9.17) is 9.26 Å². The average Bonchev–Trinajstić information content (AvgIpc) is 2.98. The number of hydrogen-bond donors (Lipinski definition) is 1. The topological polar surface area (TPSA) is 50.5 Å². The van der Waals surface area contributed by atoms with E-state index >= 15 is 0 Å². The third-order valence-electron chi connectivity index (χ3n) is 2.97. The summed E-state index contributed by atoms with van der Waals surface area (Å²) < 4.78 is 10.3. The maximum absolute atomic E-state index is 5.57. The standard InChI is InChI=1S/C12H21N3O2.C3H8/c1(6-15-7-4-13-5-8-15)9-16-10-2-12-3-11-17-14-12;1-3-2/h3,11,13H,1-2,4-10H2;3H2,1-2H3. The molecule has 0 amide bonds. The first-order chi connectivity index (χ1) is 9.86. The van der Waals surface area contributed by atoms with Gasteiger partial charge in [-0.3, -0.25) is 0 Å². The lowest BCUT2D eigenvalue weighted by molar-refractivity contribution is 0.119. The number of piperazine rings is 1. The van der Waals surface area contributed by atoms with E-state index in [2.05, 4.69) is 29.2 Å². The highest BCUT2D eigenvalue weighted by molar-refractivity contribution is 4.94. The molecule has 5 heteroatoms. The number of nitrogens with zero attached hydrogens (tertiary/aromatic N) is 2. The molecule has 1 fully saturated rings. The van der Waals surface area contributed by atoms with Crippen LogP contribution in [0.15, 0.2) is 16.9 Å². The lowest BCUT2D eigenvalue weighted by atomic mass is 10.3. The molecule has 2 rings (SSSR count). The summed E-state index contributed by atoms with van der Waals surface area (Å²) in [6.45, 7) is 11.5. The van der Waals surface area contributed by atoms with Gasteiger partial charge in [0.15, 0.2) is 0 Å². The van der Waals surface area contributed by atoms with Gasteiger partial charge < -0.3 is 19.5 Å². The Morgan fingerprint density at radius 2 is 2.05 bits per heavy atom. The van der Waals surface area contributed by atoms with Crippen LogP contribution < -0.4 is 5.32 Å². The van der Waals surface area contributed by atoms with E-state index in [0.29, 0.717) is 0 Å². The summed E-state index contributed by atoms with van der Waals surface area (Å²) in [5.41, 5.74) is 0.965. The quantitative estimate of drug-likeness (QED) is 0.775. The number of hydrogen-bond acceptors (Lipinski definition) is 5. The molecule has 1 saturated heterocycles. The van der Waals surface area contributed by atoms with Crippen LogP contribution in [0.5, 0.6) is 0 Å². The van der Waals surface area contributed by atoms with Gasteiger partial charge in [0.05, 0.1) is 12.3 Å². The molecular weight excluding hydrogens is 254 g/mol. The van der Waals surface area contributed by atoms with Crippen molar-refractivity contribution in [3.05, 3.63) is 18.0 Å². The summed E-state index contributed by atoms with van der Waals surface area (Å²) in [5.74, 6) is 0. The smallest absolute Gasteiger partial charge is 0.124 e. The average molecular weight is 283 g/mol. The van der Waals surface area contributed by atoms with Gasteiger partial charge in [-0.15, -0.1) is 0 Å². The molecule has 1 N–H and O–H groups in total. The number of rotatable bonds is 7. The predicted octanol–water partition coefficient (Wildman–Crippen LogP) is 1.95. The van der Waals surface area contributed by atoms with Crippen molar-refractivity contribution in [1.29, 1.82) is 0 Å². The Labute approximate surface area is 122 Å². The Balaban J connectivity index is 0.000000612. The Hall–Kier alpha value is -0.910. The van der Waals surface area contributed by atoms with Gasteiger partial charge in [0.2, 0.25) is 0 Å². The monoisotopic (exact) mass is 283 g/mol. The molecule has 116 valence electrons. The van der Waals surface area contributed by atoms with Crippen molar-refractivity contribution in [2.24, 2.45) is 0 Å². The zero-order valence-electron chi connectivity index (χ0n) is 12.9. The molecule has 1 aromatic rings. The molecule has 0 bridgehead atoms. The van der Waals surface area contributed by atoms with Crippen LogP contribution in [-0.2, 0) is 11.2 Å². The van der Waals surface area contributed by atoms with Gasteiger partial charge in [0.25, 0.3) is 0 Å². The van der Waals surface area contributed by atoms with Crippen LogP contribution >= 0.6 is 0 Å². The van der Waals surface area contributed by atoms with E-state index in [0.717, 1.165) is 51.4 Å². The highest BCUT2D eigenvalue weighted by atomic mass is 16.5. The van der Waals surface area contributed by atoms with Gasteiger partial charge >= 0.3 is 0 Å². The van der Waals surface area contributed by atoms with E-state index in [9.17, 15) is 0 Å². The highest BCUT2D eigenvalue weighted by Crippen LogP contribution is 1.98. The van der Waals surface area contributed by atoms with Crippen molar-refractivity contribution in [3.8, 4) is 0 Å². The lowest BCUT2D eigenvalue weighted by Gasteiger charge is -2.26. The molecule has 0 aliphatic carbocycles. The van der Waals surface area contributed by atoms with E-state index in [-0.39, 0.29) is 0 Å². The maximum Gasteiger partial charge on any atom is 0.124 e. The molecule has 1 aromatic heterocycles. The summed E-state index contributed by atoms with van der Waals surface area (Å²) in [6, 6.07) is 1.88. The molecule has 0 atom stereocenters. The van der Waals surface area contributed by atoms with Crippen LogP contribution in [0.25, 0.3) is 0 Å². The third kappa shape index (κ3) is 8.30. The summed E-state index contributed by atoms with van der Waals surface area (Å²) in [4.78, 5) is 2.48. The Bertz CT molecular complexity index is 298. The van der Waals surface area contributed by atoms with Gasteiger partial charge in [-0.25, -0.2) is 0 Å². The fraction of sp³-hybridized carbons (Fsp3) is 0.800. The van der Waals surface area contributed by atoms with E-state index in [1.54, 1.807) is 6.26 Å². The Kier molecular flexibility index (Phi) is 10.2. The van der Waals surface area contributed by atoms with Crippen molar-refractivity contribution >= 4 is 0 Å². The molecule has 2 heterocycles. The Morgan fingerprint density at radius 3 is 2.70 bits per heavy atom. The molecule has 1 aliphatic rings. The van der Waals surface area contributed by atoms with Gasteiger partial charge in [0, 0.05) is 51.8 Å². The van der Waals surface area contributed by atoms with Crippen LogP contribution in [-0.4, -0.2) is 56.0 Å². The van der Waals surface area contributed by atoms with E-state index in [1.165, 1.54) is 19.5 Å². The molecule has 0 spiro atoms. The highest BCUT2D eigenvalue weighted by Gasteiger charge is 2.08. The molecule has 0 saturated carbocycles. The third-order valence-corrected chi connectivity index (χ3v) is 2.97. The van der Waals surface area contributed by atoms with Gasteiger partial charge in [0.1, 0.15) is 6.26 Å². The second kappa shape index (κ2) is 11.9. The number of ether oxygens (including phenoxy) is 1. The fourth-order valence-electron chi connectivity index (χ4n) is 1.97. The molecule has 5 nitrogen and oxygen atoms in total. The van der Waals surface area contributed by atoms with Crippen LogP contribution in [0.3, 0.4) is 0 Å². The molecular formula is C15H29N3O2. The van der Waals surface area contributed by atoms with Crippen LogP contribution in [0.2, 0.25) is 0 Å². The fourth-order valence-corrected chi connectivity index (χ4v) is 1.97. The summed E-state index contributed by atoms with van der Waals surface area (Å²) in [6.07, 6.45) is 4.79. The number of nitrogens with one attached hydrogen (secondary N) is 1. The largest absolute Gasteiger partial charge is 0.381 e. The molecule has 20 heavy (non-hydrogen) atoms. The lowest BCUT2D eigenvalue weighted by Crippen LogP contribution is -2.43. The second-order valence-corrected chi connectivity index (χ2v) is 5.01. The van der Waals surface area contributed by atoms with Gasteiger partial charge in [-0.05, 0) is 6.42 Å². The second-order valence-electron chi connectivity index (χ2n) is 5.01. The van der Waals surface area contributed by atoms with E-state index < -0.39 is 0 Å². The van der Waals surface area contributed by atoms with Crippen LogP contribution in [0.4, 0.5) is 0 Å². The normalized spacial score (nSPS) is 15.7. The molecule has 1 aliphatic heterocycles. The number of aromatic nitrogens is 1. The summed E-state index contributed by atoms with van der Waals surface area (Å²) >= 11 is 0. The first kappa shape index (κ1) is 17.1. The summed E-state index contributed by atoms with van der Waals surface area (Å²) in [7, 11) is 0.